The second-order valence-electron chi connectivity index (χ2n) is 5.88. The Morgan fingerprint density at radius 2 is 1.96 bits per heavy atom. The van der Waals surface area contributed by atoms with Gasteiger partial charge in [-0.25, -0.2) is 9.97 Å². The summed E-state index contributed by atoms with van der Waals surface area (Å²) in [5, 5.41) is 0.224. The summed E-state index contributed by atoms with van der Waals surface area (Å²) in [4.78, 5) is 21.8. The van der Waals surface area contributed by atoms with Gasteiger partial charge in [-0.15, -0.1) is 0 Å². The van der Waals surface area contributed by atoms with Crippen molar-refractivity contribution >= 4 is 17.7 Å². The Morgan fingerprint density at radius 1 is 1.21 bits per heavy atom. The molecule has 0 saturated heterocycles. The number of esters is 1. The Labute approximate surface area is 147 Å². The van der Waals surface area contributed by atoms with Crippen LogP contribution in [0.15, 0.2) is 35.5 Å². The van der Waals surface area contributed by atoms with E-state index in [1.807, 2.05) is 44.2 Å². The van der Waals surface area contributed by atoms with Gasteiger partial charge in [-0.05, 0) is 50.7 Å². The fourth-order valence-corrected chi connectivity index (χ4v) is 4.03. The van der Waals surface area contributed by atoms with Crippen molar-refractivity contribution in [1.82, 2.24) is 9.97 Å². The van der Waals surface area contributed by atoms with Crippen LogP contribution in [-0.2, 0) is 22.4 Å². The molecule has 1 unspecified atom stereocenters. The molecule has 0 radical (unpaired) electrons. The van der Waals surface area contributed by atoms with Crippen LogP contribution in [0.3, 0.4) is 0 Å². The van der Waals surface area contributed by atoms with Gasteiger partial charge in [0.15, 0.2) is 5.16 Å². The largest absolute Gasteiger partial charge is 0.465 e. The molecule has 0 aliphatic heterocycles. The van der Waals surface area contributed by atoms with Gasteiger partial charge in [0, 0.05) is 11.4 Å². The SMILES string of the molecule is CCOC(=O)C(Sc1nc(C)c2c(n1)CCCC2)c1ccccc1. The normalized spacial score (nSPS) is 14.8. The van der Waals surface area contributed by atoms with Crippen molar-refractivity contribution in [2.45, 2.75) is 49.9 Å². The first-order valence-electron chi connectivity index (χ1n) is 8.43. The van der Waals surface area contributed by atoms with Crippen LogP contribution in [0.25, 0.3) is 0 Å². The molecule has 0 fully saturated rings. The van der Waals surface area contributed by atoms with E-state index in [4.69, 9.17) is 9.72 Å². The fraction of sp³-hybridized carbons (Fsp3) is 0.421. The van der Waals surface area contributed by atoms with Crippen LogP contribution < -0.4 is 0 Å². The maximum Gasteiger partial charge on any atom is 0.324 e. The molecule has 1 aliphatic rings. The number of aromatic nitrogens is 2. The second kappa shape index (κ2) is 7.79. The van der Waals surface area contributed by atoms with Gasteiger partial charge in [0.2, 0.25) is 0 Å². The van der Waals surface area contributed by atoms with Crippen molar-refractivity contribution in [3.63, 3.8) is 0 Å². The molecule has 2 aromatic rings. The molecular formula is C19H22N2O2S. The molecule has 1 aromatic heterocycles. The Kier molecular flexibility index (Phi) is 5.51. The van der Waals surface area contributed by atoms with E-state index in [9.17, 15) is 4.79 Å². The van der Waals surface area contributed by atoms with Crippen molar-refractivity contribution in [2.75, 3.05) is 6.61 Å². The summed E-state index contributed by atoms with van der Waals surface area (Å²) in [5.74, 6) is -0.243. The van der Waals surface area contributed by atoms with Crippen molar-refractivity contribution in [2.24, 2.45) is 0 Å². The molecule has 4 nitrogen and oxygen atoms in total. The number of rotatable bonds is 5. The highest BCUT2D eigenvalue weighted by Crippen LogP contribution is 2.35. The number of carbonyl (C=O) groups is 1. The standard InChI is InChI=1S/C19H22N2O2S/c1-3-23-18(22)17(14-9-5-4-6-10-14)24-19-20-13(2)15-11-7-8-12-16(15)21-19/h4-6,9-10,17H,3,7-8,11-12H2,1-2H3. The maximum absolute atomic E-state index is 12.4. The minimum Gasteiger partial charge on any atom is -0.465 e. The third-order valence-electron chi connectivity index (χ3n) is 4.20. The van der Waals surface area contributed by atoms with E-state index < -0.39 is 5.25 Å². The number of fused-ring (bicyclic) bond motifs is 1. The lowest BCUT2D eigenvalue weighted by atomic mass is 9.95. The first-order valence-corrected chi connectivity index (χ1v) is 9.31. The third kappa shape index (κ3) is 3.78. The summed E-state index contributed by atoms with van der Waals surface area (Å²) in [6, 6.07) is 9.69. The van der Waals surface area contributed by atoms with E-state index in [1.54, 1.807) is 0 Å². The molecule has 1 aromatic carbocycles. The highest BCUT2D eigenvalue weighted by molar-refractivity contribution is 8.00. The monoisotopic (exact) mass is 342 g/mol. The molecule has 126 valence electrons. The summed E-state index contributed by atoms with van der Waals surface area (Å²) in [6.07, 6.45) is 4.44. The van der Waals surface area contributed by atoms with Crippen LogP contribution in [-0.4, -0.2) is 22.5 Å². The lowest BCUT2D eigenvalue weighted by Crippen LogP contribution is -2.15. The van der Waals surface area contributed by atoms with Crippen molar-refractivity contribution < 1.29 is 9.53 Å². The summed E-state index contributed by atoms with van der Waals surface area (Å²) < 4.78 is 5.26. The molecule has 0 spiro atoms. The van der Waals surface area contributed by atoms with Gasteiger partial charge in [-0.2, -0.15) is 0 Å². The van der Waals surface area contributed by atoms with Crippen LogP contribution in [0.2, 0.25) is 0 Å². The predicted molar refractivity (Wildman–Crippen MR) is 95.1 cm³/mol. The number of hydrogen-bond donors (Lipinski definition) is 0. The number of benzene rings is 1. The van der Waals surface area contributed by atoms with E-state index >= 15 is 0 Å². The lowest BCUT2D eigenvalue weighted by Gasteiger charge is -2.19. The highest BCUT2D eigenvalue weighted by Gasteiger charge is 2.26. The van der Waals surface area contributed by atoms with Crippen molar-refractivity contribution in [3.8, 4) is 0 Å². The Bertz CT molecular complexity index is 719. The Hall–Kier alpha value is -1.88. The van der Waals surface area contributed by atoms with Crippen molar-refractivity contribution in [1.29, 1.82) is 0 Å². The van der Waals surface area contributed by atoms with Crippen LogP contribution in [0.4, 0.5) is 0 Å². The van der Waals surface area contributed by atoms with Crippen LogP contribution in [0.5, 0.6) is 0 Å². The predicted octanol–water partition coefficient (Wildman–Crippen LogP) is 4.06. The zero-order valence-corrected chi connectivity index (χ0v) is 14.9. The lowest BCUT2D eigenvalue weighted by molar-refractivity contribution is -0.142. The molecule has 0 bridgehead atoms. The molecule has 24 heavy (non-hydrogen) atoms. The van der Waals surface area contributed by atoms with Crippen LogP contribution >= 0.6 is 11.8 Å². The van der Waals surface area contributed by atoms with E-state index in [1.165, 1.54) is 30.2 Å². The zero-order chi connectivity index (χ0) is 16.9. The summed E-state index contributed by atoms with van der Waals surface area (Å²) in [5.41, 5.74) is 4.39. The minimum atomic E-state index is -0.438. The van der Waals surface area contributed by atoms with E-state index in [2.05, 4.69) is 4.98 Å². The summed E-state index contributed by atoms with van der Waals surface area (Å²) in [6.45, 7) is 4.23. The molecule has 3 rings (SSSR count). The number of aryl methyl sites for hydroxylation is 2. The Morgan fingerprint density at radius 3 is 2.71 bits per heavy atom. The van der Waals surface area contributed by atoms with E-state index in [0.29, 0.717) is 11.8 Å². The maximum atomic E-state index is 12.4. The summed E-state index contributed by atoms with van der Waals surface area (Å²) >= 11 is 1.38. The van der Waals surface area contributed by atoms with Gasteiger partial charge >= 0.3 is 5.97 Å². The smallest absolute Gasteiger partial charge is 0.324 e. The highest BCUT2D eigenvalue weighted by atomic mass is 32.2. The third-order valence-corrected chi connectivity index (χ3v) is 5.29. The van der Waals surface area contributed by atoms with Gasteiger partial charge in [-0.3, -0.25) is 4.79 Å². The topological polar surface area (TPSA) is 52.1 Å². The van der Waals surface area contributed by atoms with Gasteiger partial charge in [0.25, 0.3) is 0 Å². The number of carbonyl (C=O) groups excluding carboxylic acids is 1. The van der Waals surface area contributed by atoms with Crippen molar-refractivity contribution in [3.05, 3.63) is 52.8 Å². The average Bonchev–Trinajstić information content (AvgIpc) is 2.61. The molecule has 0 saturated carbocycles. The van der Waals surface area contributed by atoms with Gasteiger partial charge in [0.05, 0.1) is 6.61 Å². The van der Waals surface area contributed by atoms with Gasteiger partial charge in [0.1, 0.15) is 5.25 Å². The quantitative estimate of drug-likeness (QED) is 0.466. The molecule has 0 amide bonds. The number of hydrogen-bond acceptors (Lipinski definition) is 5. The van der Waals surface area contributed by atoms with E-state index in [-0.39, 0.29) is 5.97 Å². The average molecular weight is 342 g/mol. The van der Waals surface area contributed by atoms with E-state index in [0.717, 1.165) is 29.8 Å². The second-order valence-corrected chi connectivity index (χ2v) is 6.96. The van der Waals surface area contributed by atoms with Gasteiger partial charge < -0.3 is 4.74 Å². The molecule has 0 N–H and O–H groups in total. The van der Waals surface area contributed by atoms with Crippen LogP contribution in [0, 0.1) is 6.92 Å². The van der Waals surface area contributed by atoms with Gasteiger partial charge in [-0.1, -0.05) is 42.1 Å². The first kappa shape index (κ1) is 17.0. The molecule has 1 heterocycles. The zero-order valence-electron chi connectivity index (χ0n) is 14.1. The number of ether oxygens (including phenoxy) is 1. The number of thioether (sulfide) groups is 1. The molecular weight excluding hydrogens is 320 g/mol. The molecule has 1 aliphatic carbocycles. The number of nitrogens with zero attached hydrogens (tertiary/aromatic N) is 2. The fourth-order valence-electron chi connectivity index (χ4n) is 3.01. The molecule has 5 heteroatoms. The first-order chi connectivity index (χ1) is 11.7. The van der Waals surface area contributed by atoms with Crippen LogP contribution in [0.1, 0.15) is 47.5 Å². The Balaban J connectivity index is 1.90. The minimum absolute atomic E-state index is 0.243. The summed E-state index contributed by atoms with van der Waals surface area (Å²) in [7, 11) is 0. The molecule has 1 atom stereocenters.